The number of rotatable bonds is 7. The Labute approximate surface area is 143 Å². The molecule has 0 fully saturated rings. The maximum Gasteiger partial charge on any atom is 0.230 e. The van der Waals surface area contributed by atoms with Crippen molar-refractivity contribution in [2.24, 2.45) is 0 Å². The summed E-state index contributed by atoms with van der Waals surface area (Å²) in [5.74, 6) is 0.391. The Hall–Kier alpha value is -1.27. The van der Waals surface area contributed by atoms with Gasteiger partial charge in [-0.15, -0.1) is 0 Å². The van der Waals surface area contributed by atoms with Crippen molar-refractivity contribution >= 4 is 39.9 Å². The number of hydrogen-bond donors (Lipinski definition) is 1. The number of hydrogen-bond acceptors (Lipinski definition) is 4. The van der Waals surface area contributed by atoms with E-state index < -0.39 is 0 Å². The van der Waals surface area contributed by atoms with Crippen molar-refractivity contribution in [3.63, 3.8) is 0 Å². The normalized spacial score (nSPS) is 10.2. The van der Waals surface area contributed by atoms with E-state index in [2.05, 4.69) is 48.3 Å². The molecule has 1 aromatic carbocycles. The zero-order chi connectivity index (χ0) is 16.5. The van der Waals surface area contributed by atoms with Crippen LogP contribution in [0, 0.1) is 6.92 Å². The van der Waals surface area contributed by atoms with Crippen molar-refractivity contribution in [1.29, 1.82) is 0 Å². The van der Waals surface area contributed by atoms with Gasteiger partial charge in [0.25, 0.3) is 0 Å². The van der Waals surface area contributed by atoms with E-state index in [1.807, 2.05) is 19.0 Å². The van der Waals surface area contributed by atoms with Crippen LogP contribution >= 0.6 is 24.0 Å². The second-order valence-electron chi connectivity index (χ2n) is 5.22. The zero-order valence-corrected chi connectivity index (χ0v) is 15.4. The average Bonchev–Trinajstić information content (AvgIpc) is 2.49. The summed E-state index contributed by atoms with van der Waals surface area (Å²) in [5, 5.41) is 2.95. The van der Waals surface area contributed by atoms with Crippen LogP contribution in [0.4, 0.5) is 5.69 Å². The lowest BCUT2D eigenvalue weighted by Crippen LogP contribution is -2.36. The van der Waals surface area contributed by atoms with Crippen LogP contribution in [0.5, 0.6) is 0 Å². The first-order chi connectivity index (χ1) is 10.4. The van der Waals surface area contributed by atoms with Crippen molar-refractivity contribution in [2.75, 3.05) is 44.4 Å². The summed E-state index contributed by atoms with van der Waals surface area (Å²) >= 11 is 6.53. The quantitative estimate of drug-likeness (QED) is 0.773. The molecule has 0 saturated carbocycles. The second-order valence-corrected chi connectivity index (χ2v) is 6.83. The first kappa shape index (κ1) is 18.8. The molecular formula is C16H25N3OS2. The van der Waals surface area contributed by atoms with E-state index in [1.54, 1.807) is 0 Å². The number of nitrogens with one attached hydrogen (secondary N) is 1. The molecule has 1 aromatic rings. The van der Waals surface area contributed by atoms with E-state index in [-0.39, 0.29) is 5.91 Å². The van der Waals surface area contributed by atoms with Crippen molar-refractivity contribution in [3.05, 3.63) is 29.8 Å². The Morgan fingerprint density at radius 1 is 1.36 bits per heavy atom. The summed E-state index contributed by atoms with van der Waals surface area (Å²) in [6.07, 6.45) is 0. The topological polar surface area (TPSA) is 35.6 Å². The van der Waals surface area contributed by atoms with Gasteiger partial charge in [-0.3, -0.25) is 4.79 Å². The van der Waals surface area contributed by atoms with Gasteiger partial charge in [-0.25, -0.2) is 0 Å². The predicted molar refractivity (Wildman–Crippen MR) is 101 cm³/mol. The number of thioether (sulfide) groups is 1. The molecular weight excluding hydrogens is 314 g/mol. The average molecular weight is 340 g/mol. The number of anilines is 1. The van der Waals surface area contributed by atoms with Crippen molar-refractivity contribution < 1.29 is 4.79 Å². The number of aryl methyl sites for hydroxylation is 1. The first-order valence-electron chi connectivity index (χ1n) is 7.36. The molecule has 0 unspecified atom stereocenters. The summed E-state index contributed by atoms with van der Waals surface area (Å²) < 4.78 is 0.727. The third-order valence-electron chi connectivity index (χ3n) is 3.14. The van der Waals surface area contributed by atoms with E-state index in [0.29, 0.717) is 12.3 Å². The number of carbonyl (C=O) groups excluding carboxylic acids is 1. The smallest absolute Gasteiger partial charge is 0.230 e. The molecule has 4 nitrogen and oxygen atoms in total. The largest absolute Gasteiger partial charge is 0.370 e. The Balaban J connectivity index is 2.35. The minimum Gasteiger partial charge on any atom is -0.370 e. The molecule has 0 radical (unpaired) electrons. The molecule has 1 amide bonds. The number of nitrogens with zero attached hydrogens (tertiary/aromatic N) is 2. The van der Waals surface area contributed by atoms with Gasteiger partial charge in [-0.1, -0.05) is 36.1 Å². The SMILES string of the molecule is CCN(CCNC(=O)CSC(=S)N(C)C)c1cccc(C)c1. The van der Waals surface area contributed by atoms with Gasteiger partial charge in [0.2, 0.25) is 5.91 Å². The van der Waals surface area contributed by atoms with Crippen molar-refractivity contribution in [3.8, 4) is 0 Å². The van der Waals surface area contributed by atoms with Gasteiger partial charge in [-0.2, -0.15) is 0 Å². The van der Waals surface area contributed by atoms with Gasteiger partial charge in [-0.05, 0) is 31.5 Å². The first-order valence-corrected chi connectivity index (χ1v) is 8.75. The highest BCUT2D eigenvalue weighted by Crippen LogP contribution is 2.15. The molecule has 0 atom stereocenters. The third kappa shape index (κ3) is 6.66. The minimum atomic E-state index is 0.0227. The Bertz CT molecular complexity index is 506. The Kier molecular flexibility index (Phi) is 8.27. The maximum absolute atomic E-state index is 11.8. The Morgan fingerprint density at radius 2 is 2.09 bits per heavy atom. The highest BCUT2D eigenvalue weighted by Gasteiger charge is 2.08. The van der Waals surface area contributed by atoms with Gasteiger partial charge < -0.3 is 15.1 Å². The minimum absolute atomic E-state index is 0.0227. The highest BCUT2D eigenvalue weighted by molar-refractivity contribution is 8.23. The fourth-order valence-corrected chi connectivity index (χ4v) is 2.72. The molecule has 0 heterocycles. The van der Waals surface area contributed by atoms with Gasteiger partial charge in [0.1, 0.15) is 4.32 Å². The van der Waals surface area contributed by atoms with Crippen molar-refractivity contribution in [2.45, 2.75) is 13.8 Å². The lowest BCUT2D eigenvalue weighted by Gasteiger charge is -2.23. The highest BCUT2D eigenvalue weighted by atomic mass is 32.2. The molecule has 0 aliphatic carbocycles. The lowest BCUT2D eigenvalue weighted by molar-refractivity contribution is -0.118. The third-order valence-corrected chi connectivity index (χ3v) is 4.88. The van der Waals surface area contributed by atoms with Crippen LogP contribution in [0.1, 0.15) is 12.5 Å². The van der Waals surface area contributed by atoms with Crippen LogP contribution in [-0.2, 0) is 4.79 Å². The summed E-state index contributed by atoms with van der Waals surface area (Å²) in [7, 11) is 3.77. The summed E-state index contributed by atoms with van der Waals surface area (Å²) in [5.41, 5.74) is 2.44. The summed E-state index contributed by atoms with van der Waals surface area (Å²) in [4.78, 5) is 15.9. The van der Waals surface area contributed by atoms with E-state index >= 15 is 0 Å². The zero-order valence-electron chi connectivity index (χ0n) is 13.8. The molecule has 1 rings (SSSR count). The van der Waals surface area contributed by atoms with Crippen LogP contribution in [0.2, 0.25) is 0 Å². The Morgan fingerprint density at radius 3 is 2.68 bits per heavy atom. The number of benzene rings is 1. The molecule has 122 valence electrons. The molecule has 1 N–H and O–H groups in total. The van der Waals surface area contributed by atoms with Crippen LogP contribution in [0.3, 0.4) is 0 Å². The van der Waals surface area contributed by atoms with E-state index in [9.17, 15) is 4.79 Å². The fraction of sp³-hybridized carbons (Fsp3) is 0.500. The standard InChI is InChI=1S/C16H25N3OS2/c1-5-19(14-8-6-7-13(2)11-14)10-9-17-15(20)12-22-16(21)18(3)4/h6-8,11H,5,9-10,12H2,1-4H3,(H,17,20). The van der Waals surface area contributed by atoms with Crippen LogP contribution in [0.15, 0.2) is 24.3 Å². The molecule has 0 aliphatic rings. The lowest BCUT2D eigenvalue weighted by atomic mass is 10.2. The maximum atomic E-state index is 11.8. The van der Waals surface area contributed by atoms with Gasteiger partial charge >= 0.3 is 0 Å². The van der Waals surface area contributed by atoms with Crippen LogP contribution in [-0.4, -0.2) is 54.6 Å². The van der Waals surface area contributed by atoms with Crippen LogP contribution in [0.25, 0.3) is 0 Å². The summed E-state index contributed by atoms with van der Waals surface area (Å²) in [6, 6.07) is 8.41. The van der Waals surface area contributed by atoms with E-state index in [4.69, 9.17) is 12.2 Å². The van der Waals surface area contributed by atoms with Crippen molar-refractivity contribution in [1.82, 2.24) is 10.2 Å². The number of likely N-dealkylation sites (N-methyl/N-ethyl adjacent to an activating group) is 1. The predicted octanol–water partition coefficient (Wildman–Crippen LogP) is 2.52. The van der Waals surface area contributed by atoms with Gasteiger partial charge in [0, 0.05) is 39.4 Å². The number of carbonyl (C=O) groups is 1. The molecule has 0 aromatic heterocycles. The molecule has 0 spiro atoms. The molecule has 6 heteroatoms. The molecule has 0 saturated heterocycles. The van der Waals surface area contributed by atoms with E-state index in [1.165, 1.54) is 23.0 Å². The molecule has 0 aliphatic heterocycles. The van der Waals surface area contributed by atoms with Gasteiger partial charge in [0.15, 0.2) is 0 Å². The number of thiocarbonyl (C=S) groups is 1. The number of amides is 1. The van der Waals surface area contributed by atoms with Crippen LogP contribution < -0.4 is 10.2 Å². The molecule has 22 heavy (non-hydrogen) atoms. The van der Waals surface area contributed by atoms with Gasteiger partial charge in [0.05, 0.1) is 5.75 Å². The fourth-order valence-electron chi connectivity index (χ4n) is 1.93. The monoisotopic (exact) mass is 339 g/mol. The van der Waals surface area contributed by atoms with E-state index in [0.717, 1.165) is 17.4 Å². The summed E-state index contributed by atoms with van der Waals surface area (Å²) in [6.45, 7) is 6.56. The second kappa shape index (κ2) is 9.69. The molecule has 0 bridgehead atoms.